The van der Waals surface area contributed by atoms with Crippen LogP contribution in [0.4, 0.5) is 0 Å². The zero-order valence-corrected chi connectivity index (χ0v) is 8.93. The number of nitrogens with zero attached hydrogens (tertiary/aromatic N) is 1. The molecule has 15 heavy (non-hydrogen) atoms. The van der Waals surface area contributed by atoms with Crippen molar-refractivity contribution in [1.29, 1.82) is 0 Å². The van der Waals surface area contributed by atoms with E-state index in [0.717, 1.165) is 5.69 Å². The van der Waals surface area contributed by atoms with E-state index in [2.05, 4.69) is 4.98 Å². The minimum Gasteiger partial charge on any atom is -0.489 e. The molecule has 82 valence electrons. The lowest BCUT2D eigenvalue weighted by molar-refractivity contribution is 0.101. The van der Waals surface area contributed by atoms with E-state index in [0.29, 0.717) is 18.5 Å². The molecule has 4 heteroatoms. The van der Waals surface area contributed by atoms with Crippen molar-refractivity contribution in [3.05, 3.63) is 23.5 Å². The highest BCUT2D eigenvalue weighted by molar-refractivity contribution is 5.76. The average Bonchev–Trinajstić information content (AvgIpc) is 2.26. The number of carbonyl (C=O) groups is 1. The predicted octanol–water partition coefficient (Wildman–Crippen LogP) is 1.35. The summed E-state index contributed by atoms with van der Waals surface area (Å²) in [4.78, 5) is 14.7. The predicted molar refractivity (Wildman–Crippen MR) is 56.2 cm³/mol. The van der Waals surface area contributed by atoms with Crippen LogP contribution in [0, 0.1) is 6.92 Å². The Balaban J connectivity index is 2.72. The quantitative estimate of drug-likeness (QED) is 0.744. The van der Waals surface area contributed by atoms with E-state index < -0.39 is 6.10 Å². The molecule has 0 amide bonds. The highest BCUT2D eigenvalue weighted by atomic mass is 16.5. The van der Waals surface area contributed by atoms with E-state index >= 15 is 0 Å². The maximum atomic E-state index is 10.7. The van der Waals surface area contributed by atoms with Gasteiger partial charge in [-0.15, -0.1) is 0 Å². The van der Waals surface area contributed by atoms with Crippen molar-refractivity contribution in [1.82, 2.24) is 4.98 Å². The molecule has 0 radical (unpaired) electrons. The van der Waals surface area contributed by atoms with Crippen molar-refractivity contribution < 1.29 is 14.6 Å². The van der Waals surface area contributed by atoms with E-state index in [1.54, 1.807) is 19.1 Å². The number of aliphatic hydroxyl groups is 1. The second-order valence-electron chi connectivity index (χ2n) is 3.33. The molecule has 0 aliphatic heterocycles. The van der Waals surface area contributed by atoms with Crippen LogP contribution in [-0.4, -0.2) is 29.1 Å². The maximum Gasteiger partial charge on any atom is 0.172 e. The molecular weight excluding hydrogens is 194 g/mol. The molecule has 1 aromatic heterocycles. The SMILES string of the molecule is CCC(O)COc1ccc(C)nc1C=O. The zero-order chi connectivity index (χ0) is 11.3. The summed E-state index contributed by atoms with van der Waals surface area (Å²) in [6.45, 7) is 3.85. The number of hydrogen-bond donors (Lipinski definition) is 1. The number of rotatable bonds is 5. The summed E-state index contributed by atoms with van der Waals surface area (Å²) in [6, 6.07) is 3.45. The third kappa shape index (κ3) is 3.32. The highest BCUT2D eigenvalue weighted by Gasteiger charge is 2.07. The third-order valence-corrected chi connectivity index (χ3v) is 2.04. The molecule has 0 aliphatic carbocycles. The largest absolute Gasteiger partial charge is 0.489 e. The Bertz CT molecular complexity index is 339. The number of aryl methyl sites for hydroxylation is 1. The Kier molecular flexibility index (Phi) is 4.24. The van der Waals surface area contributed by atoms with Crippen molar-refractivity contribution in [3.8, 4) is 5.75 Å². The van der Waals surface area contributed by atoms with Gasteiger partial charge in [-0.25, -0.2) is 4.98 Å². The van der Waals surface area contributed by atoms with Gasteiger partial charge in [0.1, 0.15) is 18.1 Å². The van der Waals surface area contributed by atoms with E-state index in [1.165, 1.54) is 0 Å². The molecule has 0 aliphatic rings. The first kappa shape index (κ1) is 11.7. The van der Waals surface area contributed by atoms with Gasteiger partial charge in [-0.05, 0) is 25.5 Å². The fourth-order valence-corrected chi connectivity index (χ4v) is 1.07. The molecule has 1 aromatic rings. The minimum absolute atomic E-state index is 0.183. The average molecular weight is 209 g/mol. The Morgan fingerprint density at radius 1 is 1.60 bits per heavy atom. The molecule has 1 unspecified atom stereocenters. The van der Waals surface area contributed by atoms with E-state index in [-0.39, 0.29) is 12.3 Å². The van der Waals surface area contributed by atoms with Gasteiger partial charge < -0.3 is 9.84 Å². The number of carbonyl (C=O) groups excluding carboxylic acids is 1. The number of pyridine rings is 1. The van der Waals surface area contributed by atoms with Crippen LogP contribution in [0.5, 0.6) is 5.75 Å². The monoisotopic (exact) mass is 209 g/mol. The van der Waals surface area contributed by atoms with Crippen LogP contribution in [-0.2, 0) is 0 Å². The number of hydrogen-bond acceptors (Lipinski definition) is 4. The molecule has 1 atom stereocenters. The van der Waals surface area contributed by atoms with Crippen LogP contribution in [0.2, 0.25) is 0 Å². The lowest BCUT2D eigenvalue weighted by Crippen LogP contribution is -2.16. The topological polar surface area (TPSA) is 59.4 Å². The number of aliphatic hydroxyl groups excluding tert-OH is 1. The van der Waals surface area contributed by atoms with Gasteiger partial charge in [-0.1, -0.05) is 6.92 Å². The van der Waals surface area contributed by atoms with Crippen LogP contribution in [0.25, 0.3) is 0 Å². The fourth-order valence-electron chi connectivity index (χ4n) is 1.07. The second-order valence-corrected chi connectivity index (χ2v) is 3.33. The third-order valence-electron chi connectivity index (χ3n) is 2.04. The van der Waals surface area contributed by atoms with Crippen LogP contribution < -0.4 is 4.74 Å². The lowest BCUT2D eigenvalue weighted by atomic mass is 10.3. The van der Waals surface area contributed by atoms with E-state index in [9.17, 15) is 9.90 Å². The van der Waals surface area contributed by atoms with Crippen molar-refractivity contribution in [2.45, 2.75) is 26.4 Å². The van der Waals surface area contributed by atoms with Crippen LogP contribution in [0.1, 0.15) is 29.5 Å². The van der Waals surface area contributed by atoms with Gasteiger partial charge in [0.2, 0.25) is 0 Å². The van der Waals surface area contributed by atoms with E-state index in [1.807, 2.05) is 6.92 Å². The highest BCUT2D eigenvalue weighted by Crippen LogP contribution is 2.15. The van der Waals surface area contributed by atoms with Gasteiger partial charge in [0.25, 0.3) is 0 Å². The first-order chi connectivity index (χ1) is 7.17. The summed E-state index contributed by atoms with van der Waals surface area (Å²) in [5.41, 5.74) is 1.04. The molecule has 1 rings (SSSR count). The molecule has 0 bridgehead atoms. The standard InChI is InChI=1S/C11H15NO3/c1-3-9(14)7-15-11-5-4-8(2)12-10(11)6-13/h4-6,9,14H,3,7H2,1-2H3. The molecule has 0 aromatic carbocycles. The molecule has 0 saturated carbocycles. The Morgan fingerprint density at radius 3 is 2.93 bits per heavy atom. The first-order valence-electron chi connectivity index (χ1n) is 4.91. The molecule has 0 fully saturated rings. The molecule has 4 nitrogen and oxygen atoms in total. The normalized spacial score (nSPS) is 12.2. The molecule has 0 saturated heterocycles. The molecular formula is C11H15NO3. The molecule has 0 spiro atoms. The summed E-state index contributed by atoms with van der Waals surface area (Å²) in [5.74, 6) is 0.420. The van der Waals surface area contributed by atoms with Crippen molar-refractivity contribution >= 4 is 6.29 Å². The summed E-state index contributed by atoms with van der Waals surface area (Å²) in [5, 5.41) is 9.30. The Labute approximate surface area is 88.9 Å². The van der Waals surface area contributed by atoms with Gasteiger partial charge in [0.05, 0.1) is 6.10 Å². The van der Waals surface area contributed by atoms with Crippen LogP contribution in [0.3, 0.4) is 0 Å². The van der Waals surface area contributed by atoms with Crippen molar-refractivity contribution in [2.24, 2.45) is 0 Å². The smallest absolute Gasteiger partial charge is 0.172 e. The van der Waals surface area contributed by atoms with Gasteiger partial charge in [-0.3, -0.25) is 4.79 Å². The number of ether oxygens (including phenoxy) is 1. The van der Waals surface area contributed by atoms with E-state index in [4.69, 9.17) is 4.74 Å². The fraction of sp³-hybridized carbons (Fsp3) is 0.455. The zero-order valence-electron chi connectivity index (χ0n) is 8.93. The van der Waals surface area contributed by atoms with Gasteiger partial charge in [0, 0.05) is 5.69 Å². The number of aromatic nitrogens is 1. The van der Waals surface area contributed by atoms with Gasteiger partial charge >= 0.3 is 0 Å². The Hall–Kier alpha value is -1.42. The van der Waals surface area contributed by atoms with Crippen molar-refractivity contribution in [2.75, 3.05) is 6.61 Å². The van der Waals surface area contributed by atoms with Crippen LogP contribution in [0.15, 0.2) is 12.1 Å². The summed E-state index contributed by atoms with van der Waals surface area (Å²) in [6.07, 6.45) is 0.766. The van der Waals surface area contributed by atoms with Gasteiger partial charge in [-0.2, -0.15) is 0 Å². The van der Waals surface area contributed by atoms with Crippen molar-refractivity contribution in [3.63, 3.8) is 0 Å². The van der Waals surface area contributed by atoms with Gasteiger partial charge in [0.15, 0.2) is 6.29 Å². The lowest BCUT2D eigenvalue weighted by Gasteiger charge is -2.11. The summed E-state index contributed by atoms with van der Waals surface area (Å²) < 4.78 is 5.29. The molecule has 1 heterocycles. The maximum absolute atomic E-state index is 10.7. The van der Waals surface area contributed by atoms with Crippen LogP contribution >= 0.6 is 0 Å². The second kappa shape index (κ2) is 5.46. The summed E-state index contributed by atoms with van der Waals surface area (Å²) >= 11 is 0. The summed E-state index contributed by atoms with van der Waals surface area (Å²) in [7, 11) is 0. The Morgan fingerprint density at radius 2 is 2.33 bits per heavy atom. The minimum atomic E-state index is -0.509. The first-order valence-corrected chi connectivity index (χ1v) is 4.91. The number of aldehydes is 1. The molecule has 1 N–H and O–H groups in total.